The first kappa shape index (κ1) is 14.6. The van der Waals surface area contributed by atoms with Gasteiger partial charge < -0.3 is 4.74 Å². The lowest BCUT2D eigenvalue weighted by atomic mass is 10.2. The fourth-order valence-corrected chi connectivity index (χ4v) is 2.48. The summed E-state index contributed by atoms with van der Waals surface area (Å²) in [5.74, 6) is 1.87. The van der Waals surface area contributed by atoms with Crippen LogP contribution in [0.15, 0.2) is 6.07 Å². The molecule has 0 aromatic carbocycles. The largest absolute Gasteiger partial charge is 0.358 e. The minimum atomic E-state index is -0.521. The summed E-state index contributed by atoms with van der Waals surface area (Å²) in [6.45, 7) is 1.11. The van der Waals surface area contributed by atoms with Crippen LogP contribution in [0.4, 0.5) is 0 Å². The summed E-state index contributed by atoms with van der Waals surface area (Å²) in [6.07, 6.45) is 11.3. The molecule has 4 nitrogen and oxygen atoms in total. The summed E-state index contributed by atoms with van der Waals surface area (Å²) in [5, 5.41) is 4.46. The maximum atomic E-state index is 11.0. The van der Waals surface area contributed by atoms with Crippen LogP contribution in [0.1, 0.15) is 29.0 Å². The van der Waals surface area contributed by atoms with Crippen LogP contribution in [0.2, 0.25) is 0 Å². The van der Waals surface area contributed by atoms with Gasteiger partial charge in [-0.2, -0.15) is 5.10 Å². The second-order valence-corrected chi connectivity index (χ2v) is 10.7. The Kier molecular flexibility index (Phi) is 4.68. The molecular weight excluding hydrogens is 260 g/mol. The molecule has 108 valence electrons. The predicted octanol–water partition coefficient (Wildman–Crippen LogP) is 2.32. The van der Waals surface area contributed by atoms with E-state index >= 15 is 0 Å². The molecule has 0 unspecified atom stereocenters. The first-order valence-electron chi connectivity index (χ1n) is 6.73. The Morgan fingerprint density at radius 3 is 2.79 bits per heavy atom. The summed E-state index contributed by atoms with van der Waals surface area (Å²) in [7, 11) is -0.521. The monoisotopic (exact) mass is 284 g/mol. The number of nitrogens with zero attached hydrogens (tertiary/aromatic N) is 2. The number of carbonyl (C=O) groups is 1. The Morgan fingerprint density at radius 1 is 1.47 bits per heavy atom. The van der Waals surface area contributed by atoms with Crippen molar-refractivity contribution < 1.29 is 9.53 Å². The van der Waals surface area contributed by atoms with Gasteiger partial charge in [-0.1, -0.05) is 0 Å². The van der Waals surface area contributed by atoms with Crippen LogP contribution in [-0.4, -0.2) is 47.2 Å². The van der Waals surface area contributed by atoms with E-state index in [4.69, 9.17) is 4.74 Å². The first-order chi connectivity index (χ1) is 8.98. The lowest BCUT2D eigenvalue weighted by Crippen LogP contribution is -2.12. The maximum Gasteiger partial charge on any atom is 0.168 e. The highest BCUT2D eigenvalue weighted by Crippen LogP contribution is 2.33. The van der Waals surface area contributed by atoms with Gasteiger partial charge >= 0.3 is 0 Å². The topological polar surface area (TPSA) is 44.1 Å². The maximum absolute atomic E-state index is 11.0. The number of carbonyl (C=O) groups excluding carboxylic acids is 1. The molecule has 0 saturated heterocycles. The fourth-order valence-electron chi connectivity index (χ4n) is 1.86. The number of hydrogen-bond acceptors (Lipinski definition) is 3. The average Bonchev–Trinajstić information content (AvgIpc) is 3.03. The fraction of sp³-hybridized carbons (Fsp3) is 0.714. The Hall–Kier alpha value is -0.810. The SMILES string of the molecule is CS(C)(C)CCOCn1nc(CC2CC2)cc1C=O. The molecule has 19 heavy (non-hydrogen) atoms. The molecule has 0 amide bonds. The molecule has 5 heteroatoms. The summed E-state index contributed by atoms with van der Waals surface area (Å²) in [5.41, 5.74) is 1.65. The number of aromatic nitrogens is 2. The molecule has 2 rings (SSSR count). The van der Waals surface area contributed by atoms with E-state index in [-0.39, 0.29) is 0 Å². The van der Waals surface area contributed by atoms with Gasteiger partial charge in [0, 0.05) is 5.75 Å². The van der Waals surface area contributed by atoms with E-state index in [1.54, 1.807) is 4.68 Å². The minimum Gasteiger partial charge on any atom is -0.358 e. The number of hydrogen-bond donors (Lipinski definition) is 0. The van der Waals surface area contributed by atoms with Crippen molar-refractivity contribution >= 4 is 16.3 Å². The Morgan fingerprint density at radius 2 is 2.21 bits per heavy atom. The van der Waals surface area contributed by atoms with Crippen LogP contribution in [-0.2, 0) is 17.9 Å². The third-order valence-electron chi connectivity index (χ3n) is 3.23. The number of ether oxygens (including phenoxy) is 1. The van der Waals surface area contributed by atoms with Crippen molar-refractivity contribution in [1.29, 1.82) is 0 Å². The standard InChI is InChI=1S/C14H24N2O2S/c1-19(2,3)7-6-18-11-16-14(10-17)9-13(15-16)8-12-4-5-12/h9-10,12H,4-8,11H2,1-3H3. The molecule has 1 aliphatic carbocycles. The van der Waals surface area contributed by atoms with Crippen molar-refractivity contribution in [1.82, 2.24) is 9.78 Å². The summed E-state index contributed by atoms with van der Waals surface area (Å²) in [6, 6.07) is 1.89. The van der Waals surface area contributed by atoms with Crippen LogP contribution in [0.3, 0.4) is 0 Å². The van der Waals surface area contributed by atoms with Crippen molar-refractivity contribution in [2.75, 3.05) is 31.1 Å². The van der Waals surface area contributed by atoms with Crippen molar-refractivity contribution in [2.24, 2.45) is 5.92 Å². The molecule has 1 aromatic heterocycles. The van der Waals surface area contributed by atoms with Crippen LogP contribution >= 0.6 is 10.0 Å². The highest BCUT2D eigenvalue weighted by molar-refractivity contribution is 8.32. The van der Waals surface area contributed by atoms with Crippen LogP contribution in [0.5, 0.6) is 0 Å². The van der Waals surface area contributed by atoms with Gasteiger partial charge in [-0.25, -0.2) is 14.7 Å². The van der Waals surface area contributed by atoms with Gasteiger partial charge in [0.05, 0.1) is 12.3 Å². The van der Waals surface area contributed by atoms with Gasteiger partial charge in [0.25, 0.3) is 0 Å². The summed E-state index contributed by atoms with van der Waals surface area (Å²) >= 11 is 0. The molecular formula is C14H24N2O2S. The Bertz CT molecular complexity index is 433. The van der Waals surface area contributed by atoms with Gasteiger partial charge in [-0.15, -0.1) is 0 Å². The molecule has 0 atom stereocenters. The molecule has 1 saturated carbocycles. The van der Waals surface area contributed by atoms with Gasteiger partial charge in [0.15, 0.2) is 6.29 Å². The van der Waals surface area contributed by atoms with Crippen LogP contribution in [0.25, 0.3) is 0 Å². The molecule has 0 radical (unpaired) electrons. The molecule has 1 fully saturated rings. The minimum absolute atomic E-state index is 0.383. The van der Waals surface area contributed by atoms with Crippen LogP contribution in [0, 0.1) is 5.92 Å². The molecule has 1 aliphatic rings. The van der Waals surface area contributed by atoms with Crippen molar-refractivity contribution in [2.45, 2.75) is 26.0 Å². The van der Waals surface area contributed by atoms with E-state index in [1.807, 2.05) is 6.07 Å². The molecule has 1 heterocycles. The van der Waals surface area contributed by atoms with Gasteiger partial charge in [-0.05, 0) is 50.0 Å². The smallest absolute Gasteiger partial charge is 0.168 e. The molecule has 0 bridgehead atoms. The van der Waals surface area contributed by atoms with Gasteiger partial charge in [0.2, 0.25) is 0 Å². The Labute approximate surface area is 116 Å². The van der Waals surface area contributed by atoms with Gasteiger partial charge in [0.1, 0.15) is 12.4 Å². The van der Waals surface area contributed by atoms with E-state index < -0.39 is 10.0 Å². The van der Waals surface area contributed by atoms with Crippen LogP contribution < -0.4 is 0 Å². The Balaban J connectivity index is 1.84. The highest BCUT2D eigenvalue weighted by atomic mass is 32.3. The van der Waals surface area contributed by atoms with Gasteiger partial charge in [-0.3, -0.25) is 4.79 Å². The molecule has 0 spiro atoms. The second kappa shape index (κ2) is 6.09. The van der Waals surface area contributed by atoms with E-state index in [0.29, 0.717) is 12.4 Å². The zero-order valence-electron chi connectivity index (χ0n) is 12.1. The predicted molar refractivity (Wildman–Crippen MR) is 80.2 cm³/mol. The lowest BCUT2D eigenvalue weighted by molar-refractivity contribution is 0.0772. The zero-order valence-corrected chi connectivity index (χ0v) is 12.9. The van der Waals surface area contributed by atoms with E-state index in [9.17, 15) is 4.79 Å². The van der Waals surface area contributed by atoms with Crippen molar-refractivity contribution in [3.63, 3.8) is 0 Å². The number of rotatable bonds is 8. The normalized spacial score (nSPS) is 16.6. The third kappa shape index (κ3) is 4.99. The van der Waals surface area contributed by atoms with E-state index in [2.05, 4.69) is 23.9 Å². The van der Waals surface area contributed by atoms with E-state index in [1.165, 1.54) is 12.8 Å². The van der Waals surface area contributed by atoms with Crippen molar-refractivity contribution in [3.8, 4) is 0 Å². The average molecular weight is 284 g/mol. The zero-order chi connectivity index (χ0) is 13.9. The van der Waals surface area contributed by atoms with Crippen molar-refractivity contribution in [3.05, 3.63) is 17.5 Å². The molecule has 0 N–H and O–H groups in total. The summed E-state index contributed by atoms with van der Waals surface area (Å²) < 4.78 is 7.32. The molecule has 1 aromatic rings. The highest BCUT2D eigenvalue weighted by Gasteiger charge is 2.23. The second-order valence-electron chi connectivity index (χ2n) is 6.16. The summed E-state index contributed by atoms with van der Waals surface area (Å²) in [4.78, 5) is 11.0. The number of aldehydes is 1. The lowest BCUT2D eigenvalue weighted by Gasteiger charge is -2.24. The third-order valence-corrected chi connectivity index (χ3v) is 4.62. The van der Waals surface area contributed by atoms with E-state index in [0.717, 1.165) is 36.7 Å². The first-order valence-corrected chi connectivity index (χ1v) is 9.76. The quantitative estimate of drug-likeness (QED) is 0.543. The molecule has 0 aliphatic heterocycles.